The van der Waals surface area contributed by atoms with Crippen molar-refractivity contribution < 1.29 is 21.3 Å². The van der Waals surface area contributed by atoms with Crippen LogP contribution in [-0.4, -0.2) is 3.21 Å². The molecule has 1 atom stereocenters. The van der Waals surface area contributed by atoms with Crippen LogP contribution in [0.2, 0.25) is 0 Å². The number of hydrogen-bond acceptors (Lipinski definition) is 0. The summed E-state index contributed by atoms with van der Waals surface area (Å²) in [7, 11) is 0. The van der Waals surface area contributed by atoms with Gasteiger partial charge in [0.2, 0.25) is 0 Å². The van der Waals surface area contributed by atoms with E-state index >= 15 is 0 Å². The summed E-state index contributed by atoms with van der Waals surface area (Å²) >= 11 is -2.69. The van der Waals surface area contributed by atoms with Gasteiger partial charge >= 0.3 is 266 Å². The van der Waals surface area contributed by atoms with Crippen molar-refractivity contribution >= 4 is 6.48 Å². The third-order valence-electron chi connectivity index (χ3n) is 9.53. The summed E-state index contributed by atoms with van der Waals surface area (Å²) in [6.45, 7) is 28.9. The summed E-state index contributed by atoms with van der Waals surface area (Å²) in [5.74, 6) is 0.485. The van der Waals surface area contributed by atoms with Crippen LogP contribution in [0.3, 0.4) is 0 Å². The Hall–Kier alpha value is -2.11. The molecule has 0 saturated heterocycles. The fraction of sp³-hybridized carbons (Fsp3) is 0.439. The Balaban J connectivity index is 1.90. The molecule has 3 aromatic carbocycles. The monoisotopic (exact) mass is 634 g/mol. The molecule has 0 radical (unpaired) electrons. The zero-order chi connectivity index (χ0) is 30.8. The summed E-state index contributed by atoms with van der Waals surface area (Å²) < 4.78 is 5.31. The van der Waals surface area contributed by atoms with Crippen molar-refractivity contribution in [1.29, 1.82) is 0 Å². The molecule has 1 heteroatoms. The van der Waals surface area contributed by atoms with Gasteiger partial charge in [-0.1, -0.05) is 0 Å². The second-order valence-electron chi connectivity index (χ2n) is 15.8. The van der Waals surface area contributed by atoms with E-state index in [9.17, 15) is 0 Å². The molecule has 5 rings (SSSR count). The van der Waals surface area contributed by atoms with Gasteiger partial charge in [-0.25, -0.2) is 0 Å². The van der Waals surface area contributed by atoms with Crippen molar-refractivity contribution in [2.24, 2.45) is 11.3 Å². The van der Waals surface area contributed by atoms with Crippen LogP contribution in [0.4, 0.5) is 0 Å². The van der Waals surface area contributed by atoms with E-state index in [4.69, 9.17) is 0 Å². The Labute approximate surface area is 264 Å². The van der Waals surface area contributed by atoms with Gasteiger partial charge in [0.05, 0.1) is 0 Å². The van der Waals surface area contributed by atoms with Crippen molar-refractivity contribution in [3.8, 4) is 11.1 Å². The normalized spacial score (nSPS) is 17.7. The summed E-state index contributed by atoms with van der Waals surface area (Å²) in [6.07, 6.45) is 4.79. The molecule has 0 saturated carbocycles. The third kappa shape index (κ3) is 5.61. The first-order chi connectivity index (χ1) is 19.5. The molecular formula is C41H52Zr. The number of fused-ring (bicyclic) bond motifs is 3. The molecule has 0 heterocycles. The summed E-state index contributed by atoms with van der Waals surface area (Å²) in [4.78, 5) is 0. The minimum absolute atomic E-state index is 0.0770. The van der Waals surface area contributed by atoms with Gasteiger partial charge < -0.3 is 0 Å². The molecular weight excluding hydrogens is 584 g/mol. The molecule has 0 spiro atoms. The summed E-state index contributed by atoms with van der Waals surface area (Å²) in [6, 6.07) is 23.7. The standard InChI is InChI=1S/C21H25.C11H17.C9H10.Zr/c1-20(2,3)16-7-9-18-14(12-16)11-15-13-17(21(4,5)6)8-10-19(15)18;1-8-6-9(2)10(7-8)11(3,4)5;1-2-6-9-7-4-3-5-8-9;/h7-10,12H,11H2,1-6H3;7-8H,1-5H3;3-5,7-8H,2H2,1H3;. The topological polar surface area (TPSA) is 0 Å². The Kier molecular flexibility index (Phi) is 8.29. The molecule has 0 fully saturated rings. The van der Waals surface area contributed by atoms with Gasteiger partial charge in [-0.05, 0) is 0 Å². The first-order valence-electron chi connectivity index (χ1n) is 16.1. The number of rotatable bonds is 4. The van der Waals surface area contributed by atoms with Crippen molar-refractivity contribution in [2.75, 3.05) is 0 Å². The van der Waals surface area contributed by atoms with Crippen molar-refractivity contribution in [1.82, 2.24) is 0 Å². The van der Waals surface area contributed by atoms with E-state index in [1.807, 2.05) is 0 Å². The van der Waals surface area contributed by atoms with Gasteiger partial charge in [-0.15, -0.1) is 0 Å². The van der Waals surface area contributed by atoms with Crippen molar-refractivity contribution in [3.05, 3.63) is 109 Å². The van der Waals surface area contributed by atoms with Gasteiger partial charge in [0.25, 0.3) is 0 Å². The molecule has 0 amide bonds. The summed E-state index contributed by atoms with van der Waals surface area (Å²) in [5, 5.41) is 0. The van der Waals surface area contributed by atoms with Crippen molar-refractivity contribution in [3.63, 3.8) is 0 Å². The predicted octanol–water partition coefficient (Wildman–Crippen LogP) is 10.6. The second kappa shape index (κ2) is 11.1. The Bertz CT molecular complexity index is 1620. The molecule has 0 nitrogen and oxygen atoms in total. The van der Waals surface area contributed by atoms with E-state index in [1.165, 1.54) is 27.8 Å². The summed E-state index contributed by atoms with van der Waals surface area (Å²) in [5.41, 5.74) is 14.1. The zero-order valence-electron chi connectivity index (χ0n) is 28.3. The Morgan fingerprint density at radius 2 is 1.43 bits per heavy atom. The van der Waals surface area contributed by atoms with Crippen LogP contribution >= 0.6 is 0 Å². The van der Waals surface area contributed by atoms with Gasteiger partial charge in [0.1, 0.15) is 0 Å². The average molecular weight is 636 g/mol. The van der Waals surface area contributed by atoms with Crippen LogP contribution in [0.1, 0.15) is 117 Å². The Morgan fingerprint density at radius 3 is 1.98 bits per heavy atom. The van der Waals surface area contributed by atoms with Gasteiger partial charge in [0, 0.05) is 0 Å². The second-order valence-corrected chi connectivity index (χ2v) is 21.7. The van der Waals surface area contributed by atoms with Gasteiger partial charge in [-0.3, -0.25) is 0 Å². The van der Waals surface area contributed by atoms with E-state index in [1.54, 1.807) is 32.0 Å². The zero-order valence-corrected chi connectivity index (χ0v) is 30.8. The molecule has 42 heavy (non-hydrogen) atoms. The minimum atomic E-state index is -2.69. The van der Waals surface area contributed by atoms with Crippen LogP contribution in [0.5, 0.6) is 0 Å². The van der Waals surface area contributed by atoms with Crippen LogP contribution in [0.15, 0.2) is 81.2 Å². The quantitative estimate of drug-likeness (QED) is 0.209. The maximum atomic E-state index is 2.62. The third-order valence-corrected chi connectivity index (χ3v) is 18.6. The average Bonchev–Trinajstić information content (AvgIpc) is 3.42. The molecule has 3 aromatic rings. The molecule has 2 aliphatic rings. The predicted molar refractivity (Wildman–Crippen MR) is 182 cm³/mol. The molecule has 0 bridgehead atoms. The molecule has 2 aliphatic carbocycles. The number of hydrogen-bond donors (Lipinski definition) is 0. The fourth-order valence-corrected chi connectivity index (χ4v) is 17.3. The van der Waals surface area contributed by atoms with Crippen LogP contribution in [-0.2, 0) is 38.5 Å². The first kappa shape index (κ1) is 31.3. The Morgan fingerprint density at radius 1 is 0.786 bits per heavy atom. The van der Waals surface area contributed by atoms with Crippen LogP contribution in [0.25, 0.3) is 11.1 Å². The SMILES string of the molecule is CC/[C](c1ccccc1)=[Zr](\[C]1=C(C)C(C(C)(C)C)=CC1C)[c]1c(C(C)(C)C)ccc2c1Cc1cc(C(C)(C)C)ccc1-2. The van der Waals surface area contributed by atoms with E-state index in [0.29, 0.717) is 5.92 Å². The fourth-order valence-electron chi connectivity index (χ4n) is 7.44. The van der Waals surface area contributed by atoms with Crippen molar-refractivity contribution in [2.45, 2.75) is 107 Å². The number of benzene rings is 3. The van der Waals surface area contributed by atoms with E-state index in [0.717, 1.165) is 12.8 Å². The molecule has 0 N–H and O–H groups in total. The molecule has 0 aromatic heterocycles. The molecule has 220 valence electrons. The first-order valence-corrected chi connectivity index (χ1v) is 19.8. The molecule has 0 aliphatic heterocycles. The van der Waals surface area contributed by atoms with E-state index in [-0.39, 0.29) is 16.2 Å². The van der Waals surface area contributed by atoms with Gasteiger partial charge in [-0.2, -0.15) is 0 Å². The van der Waals surface area contributed by atoms with Gasteiger partial charge in [0.15, 0.2) is 0 Å². The molecule has 1 unspecified atom stereocenters. The van der Waals surface area contributed by atoms with E-state index < -0.39 is 21.3 Å². The van der Waals surface area contributed by atoms with Crippen LogP contribution < -0.4 is 3.27 Å². The number of allylic oxidation sites excluding steroid dienone is 4. The van der Waals surface area contributed by atoms with Crippen LogP contribution in [0, 0.1) is 11.3 Å². The van der Waals surface area contributed by atoms with E-state index in [2.05, 4.69) is 150 Å². The maximum absolute atomic E-state index is 2.69.